The van der Waals surface area contributed by atoms with E-state index in [9.17, 15) is 0 Å². The predicted octanol–water partition coefficient (Wildman–Crippen LogP) is 8.03. The number of fused-ring (bicyclic) bond motifs is 4. The highest BCUT2D eigenvalue weighted by molar-refractivity contribution is 6.11. The lowest BCUT2D eigenvalue weighted by Crippen LogP contribution is -2.04. The summed E-state index contributed by atoms with van der Waals surface area (Å²) in [5.41, 5.74) is 9.36. The van der Waals surface area contributed by atoms with Crippen molar-refractivity contribution >= 4 is 32.9 Å². The van der Waals surface area contributed by atoms with Gasteiger partial charge in [0.15, 0.2) is 5.58 Å². The van der Waals surface area contributed by atoms with Crippen LogP contribution in [0.2, 0.25) is 0 Å². The maximum atomic E-state index is 6.20. The number of hydrogen-bond acceptors (Lipinski definition) is 5. The molecule has 0 spiro atoms. The van der Waals surface area contributed by atoms with Crippen LogP contribution in [-0.4, -0.2) is 34.1 Å². The molecule has 0 amide bonds. The topological polar surface area (TPSA) is 79.5 Å². The molecule has 9 rings (SSSR count). The summed E-state index contributed by atoms with van der Waals surface area (Å²) in [6.45, 7) is 0. The zero-order valence-corrected chi connectivity index (χ0v) is 23.3. The fourth-order valence-corrected chi connectivity index (χ4v) is 5.96. The number of para-hydroxylation sites is 2. The minimum Gasteiger partial charge on any atom is -0.436 e. The lowest BCUT2D eigenvalue weighted by Gasteiger charge is -2.16. The zero-order valence-electron chi connectivity index (χ0n) is 23.3. The standard InChI is InChI=1S/C36H23N7O/c1-2-9-35-30(8-1)40-36(44-35)25-10-13-27-28-23-26(41-19-5-17-38-41)12-15-31(28)43(33(27)22-25)34-21-24(29-7-3-4-16-37-29)11-14-32(34)42-20-6-18-39-42/h1-23H. The Kier molecular flexibility index (Phi) is 5.33. The molecule has 0 radical (unpaired) electrons. The molecule has 5 aromatic heterocycles. The summed E-state index contributed by atoms with van der Waals surface area (Å²) in [5, 5.41) is 11.3. The van der Waals surface area contributed by atoms with Gasteiger partial charge in [0, 0.05) is 52.9 Å². The summed E-state index contributed by atoms with van der Waals surface area (Å²) in [6.07, 6.45) is 9.33. The third-order valence-electron chi connectivity index (χ3n) is 7.99. The van der Waals surface area contributed by atoms with Crippen LogP contribution in [0.1, 0.15) is 0 Å². The molecular weight excluding hydrogens is 546 g/mol. The van der Waals surface area contributed by atoms with Crippen LogP contribution in [0.5, 0.6) is 0 Å². The van der Waals surface area contributed by atoms with Crippen molar-refractivity contribution in [3.8, 4) is 39.8 Å². The summed E-state index contributed by atoms with van der Waals surface area (Å²) in [4.78, 5) is 9.44. The average Bonchev–Trinajstić information content (AvgIpc) is 3.90. The predicted molar refractivity (Wildman–Crippen MR) is 171 cm³/mol. The summed E-state index contributed by atoms with van der Waals surface area (Å²) >= 11 is 0. The second-order valence-corrected chi connectivity index (χ2v) is 10.6. The van der Waals surface area contributed by atoms with Crippen LogP contribution in [0.15, 0.2) is 145 Å². The van der Waals surface area contributed by atoms with E-state index in [2.05, 4.69) is 74.3 Å². The van der Waals surface area contributed by atoms with E-state index in [1.807, 2.05) is 82.6 Å². The van der Waals surface area contributed by atoms with Gasteiger partial charge in [-0.25, -0.2) is 14.3 Å². The summed E-state index contributed by atoms with van der Waals surface area (Å²) in [7, 11) is 0. The van der Waals surface area contributed by atoms with Crippen molar-refractivity contribution < 1.29 is 4.42 Å². The van der Waals surface area contributed by atoms with E-state index in [1.54, 1.807) is 12.4 Å². The molecule has 44 heavy (non-hydrogen) atoms. The quantitative estimate of drug-likeness (QED) is 0.210. The lowest BCUT2D eigenvalue weighted by atomic mass is 10.1. The third-order valence-corrected chi connectivity index (χ3v) is 7.99. The van der Waals surface area contributed by atoms with Gasteiger partial charge in [-0.1, -0.05) is 30.3 Å². The van der Waals surface area contributed by atoms with E-state index in [-0.39, 0.29) is 0 Å². The maximum absolute atomic E-state index is 6.20. The fourth-order valence-electron chi connectivity index (χ4n) is 5.96. The number of benzene rings is 4. The molecule has 5 heterocycles. The molecule has 0 N–H and O–H groups in total. The van der Waals surface area contributed by atoms with Crippen molar-refractivity contribution in [1.82, 2.24) is 34.1 Å². The van der Waals surface area contributed by atoms with Gasteiger partial charge < -0.3 is 8.98 Å². The lowest BCUT2D eigenvalue weighted by molar-refractivity contribution is 0.620. The third kappa shape index (κ3) is 3.85. The van der Waals surface area contributed by atoms with Crippen LogP contribution < -0.4 is 0 Å². The first-order valence-electron chi connectivity index (χ1n) is 14.3. The van der Waals surface area contributed by atoms with Gasteiger partial charge in [-0.3, -0.25) is 4.98 Å². The van der Waals surface area contributed by atoms with Gasteiger partial charge >= 0.3 is 0 Å². The van der Waals surface area contributed by atoms with Gasteiger partial charge in [-0.15, -0.1) is 0 Å². The van der Waals surface area contributed by atoms with Gasteiger partial charge in [-0.05, 0) is 78.9 Å². The molecule has 8 heteroatoms. The molecule has 0 saturated heterocycles. The Morgan fingerprint density at radius 3 is 2.23 bits per heavy atom. The van der Waals surface area contributed by atoms with Crippen LogP contribution >= 0.6 is 0 Å². The number of oxazole rings is 1. The van der Waals surface area contributed by atoms with Gasteiger partial charge in [0.25, 0.3) is 0 Å². The van der Waals surface area contributed by atoms with Gasteiger partial charge in [0.1, 0.15) is 5.52 Å². The highest BCUT2D eigenvalue weighted by Gasteiger charge is 2.20. The normalized spacial score (nSPS) is 11.6. The molecule has 0 atom stereocenters. The molecule has 0 aliphatic rings. The summed E-state index contributed by atoms with van der Waals surface area (Å²) in [6, 6.07) is 36.9. The van der Waals surface area contributed by atoms with Crippen LogP contribution in [0.4, 0.5) is 0 Å². The van der Waals surface area contributed by atoms with Crippen molar-refractivity contribution in [3.63, 3.8) is 0 Å². The molecule has 208 valence electrons. The Labute approximate surface area is 251 Å². The van der Waals surface area contributed by atoms with Crippen molar-refractivity contribution in [2.45, 2.75) is 0 Å². The first-order valence-corrected chi connectivity index (χ1v) is 14.3. The second kappa shape index (κ2) is 9.64. The van der Waals surface area contributed by atoms with Crippen molar-refractivity contribution in [2.24, 2.45) is 0 Å². The monoisotopic (exact) mass is 569 g/mol. The zero-order chi connectivity index (χ0) is 29.0. The van der Waals surface area contributed by atoms with Gasteiger partial charge in [-0.2, -0.15) is 10.2 Å². The Morgan fingerprint density at radius 2 is 1.41 bits per heavy atom. The number of pyridine rings is 1. The molecule has 0 fully saturated rings. The Hall–Kier alpha value is -6.28. The molecular formula is C36H23N7O. The Morgan fingerprint density at radius 1 is 0.568 bits per heavy atom. The first-order chi connectivity index (χ1) is 21.8. The van der Waals surface area contributed by atoms with Crippen molar-refractivity contribution in [2.75, 3.05) is 0 Å². The molecule has 4 aromatic carbocycles. The molecule has 9 aromatic rings. The Balaban J connectivity index is 1.36. The highest BCUT2D eigenvalue weighted by atomic mass is 16.3. The summed E-state index contributed by atoms with van der Waals surface area (Å²) < 4.78 is 12.3. The molecule has 0 unspecified atom stereocenters. The van der Waals surface area contributed by atoms with Crippen LogP contribution in [0.25, 0.3) is 72.7 Å². The minimum atomic E-state index is 0.580. The Bertz CT molecular complexity index is 2400. The molecule has 0 aliphatic heterocycles. The van der Waals surface area contributed by atoms with E-state index in [0.717, 1.165) is 66.8 Å². The van der Waals surface area contributed by atoms with E-state index in [1.165, 1.54) is 0 Å². The molecule has 0 aliphatic carbocycles. The number of nitrogens with zero attached hydrogens (tertiary/aromatic N) is 7. The SMILES string of the molecule is c1ccc(-c2ccc(-n3cccn3)c(-n3c4ccc(-n5cccn5)cc4c4ccc(-c5nc6ccccc6o5)cc43)c2)nc1. The van der Waals surface area contributed by atoms with Crippen LogP contribution in [-0.2, 0) is 0 Å². The van der Waals surface area contributed by atoms with E-state index < -0.39 is 0 Å². The van der Waals surface area contributed by atoms with Crippen molar-refractivity contribution in [1.29, 1.82) is 0 Å². The first kappa shape index (κ1) is 24.3. The number of rotatable bonds is 5. The smallest absolute Gasteiger partial charge is 0.227 e. The van der Waals surface area contributed by atoms with E-state index in [0.29, 0.717) is 5.89 Å². The van der Waals surface area contributed by atoms with Gasteiger partial charge in [0.05, 0.1) is 33.8 Å². The van der Waals surface area contributed by atoms with E-state index in [4.69, 9.17) is 9.40 Å². The molecule has 0 bridgehead atoms. The maximum Gasteiger partial charge on any atom is 0.227 e. The van der Waals surface area contributed by atoms with Crippen LogP contribution in [0.3, 0.4) is 0 Å². The summed E-state index contributed by atoms with van der Waals surface area (Å²) in [5.74, 6) is 0.580. The van der Waals surface area contributed by atoms with Crippen LogP contribution in [0, 0.1) is 0 Å². The van der Waals surface area contributed by atoms with Gasteiger partial charge in [0.2, 0.25) is 5.89 Å². The number of aromatic nitrogens is 7. The van der Waals surface area contributed by atoms with Crippen molar-refractivity contribution in [3.05, 3.63) is 140 Å². The van der Waals surface area contributed by atoms with E-state index >= 15 is 0 Å². The second-order valence-electron chi connectivity index (χ2n) is 10.6. The molecule has 0 saturated carbocycles. The fraction of sp³-hybridized carbons (Fsp3) is 0. The highest BCUT2D eigenvalue weighted by Crippen LogP contribution is 2.38. The average molecular weight is 570 g/mol. The number of hydrogen-bond donors (Lipinski definition) is 0. The largest absolute Gasteiger partial charge is 0.436 e. The molecule has 8 nitrogen and oxygen atoms in total. The minimum absolute atomic E-state index is 0.580.